The van der Waals surface area contributed by atoms with E-state index in [9.17, 15) is 13.2 Å². The first-order valence-corrected chi connectivity index (χ1v) is 16.4. The molecule has 4 aromatic rings. The van der Waals surface area contributed by atoms with Crippen LogP contribution in [0.4, 0.5) is 5.69 Å². The summed E-state index contributed by atoms with van der Waals surface area (Å²) in [6.45, 7) is 7.34. The average molecular weight is 589 g/mol. The summed E-state index contributed by atoms with van der Waals surface area (Å²) in [5.41, 5.74) is 11.1. The average Bonchev–Trinajstić information content (AvgIpc) is 3.44. The summed E-state index contributed by atoms with van der Waals surface area (Å²) in [7, 11) is -3.39. The van der Waals surface area contributed by atoms with Crippen molar-refractivity contribution in [2.24, 2.45) is 5.73 Å². The molecule has 3 N–H and O–H groups in total. The minimum absolute atomic E-state index is 0.0584. The van der Waals surface area contributed by atoms with Crippen LogP contribution in [0.5, 0.6) is 5.75 Å². The van der Waals surface area contributed by atoms with Crippen molar-refractivity contribution in [3.8, 4) is 16.9 Å². The lowest BCUT2D eigenvalue weighted by molar-refractivity contribution is 0.100. The van der Waals surface area contributed by atoms with Crippen molar-refractivity contribution in [3.05, 3.63) is 84.1 Å². The number of benzene rings is 3. The zero-order valence-corrected chi connectivity index (χ0v) is 25.2. The first-order chi connectivity index (χ1) is 20.3. The van der Waals surface area contributed by atoms with Crippen LogP contribution in [-0.4, -0.2) is 62.2 Å². The molecule has 0 atom stereocenters. The SMILES string of the molecule is CCN(CC)c1cccc(OCCCS(=O)(=O)N2CCC(c3c[nH]c4c(C(N)=O)cc(-c5ccccc5)cc34)CC2)c1. The Labute approximate surface area is 248 Å². The van der Waals surface area contributed by atoms with Crippen LogP contribution >= 0.6 is 0 Å². The molecule has 222 valence electrons. The Morgan fingerprint density at radius 3 is 2.43 bits per heavy atom. The van der Waals surface area contributed by atoms with Crippen LogP contribution < -0.4 is 15.4 Å². The highest BCUT2D eigenvalue weighted by atomic mass is 32.2. The Bertz CT molecular complexity index is 1620. The number of aromatic nitrogens is 1. The lowest BCUT2D eigenvalue weighted by atomic mass is 9.88. The predicted octanol–water partition coefficient (Wildman–Crippen LogP) is 5.76. The summed E-state index contributed by atoms with van der Waals surface area (Å²) in [5, 5.41) is 0.966. The van der Waals surface area contributed by atoms with Gasteiger partial charge < -0.3 is 20.4 Å². The number of H-pyrrole nitrogens is 1. The Balaban J connectivity index is 1.21. The summed E-state index contributed by atoms with van der Waals surface area (Å²) in [6, 6.07) is 21.8. The van der Waals surface area contributed by atoms with E-state index >= 15 is 0 Å². The van der Waals surface area contributed by atoms with Crippen molar-refractivity contribution in [2.75, 3.05) is 43.4 Å². The minimum Gasteiger partial charge on any atom is -0.493 e. The number of hydrogen-bond donors (Lipinski definition) is 2. The van der Waals surface area contributed by atoms with E-state index in [1.165, 1.54) is 0 Å². The number of ether oxygens (including phenoxy) is 1. The summed E-state index contributed by atoms with van der Waals surface area (Å²) in [5.74, 6) is 0.514. The smallest absolute Gasteiger partial charge is 0.250 e. The van der Waals surface area contributed by atoms with Gasteiger partial charge in [-0.1, -0.05) is 36.4 Å². The van der Waals surface area contributed by atoms with Gasteiger partial charge in [0.1, 0.15) is 5.75 Å². The molecule has 8 nitrogen and oxygen atoms in total. The van der Waals surface area contributed by atoms with Crippen LogP contribution in [0.15, 0.2) is 72.9 Å². The van der Waals surface area contributed by atoms with Gasteiger partial charge >= 0.3 is 0 Å². The van der Waals surface area contributed by atoms with Gasteiger partial charge in [0.05, 0.1) is 23.4 Å². The fourth-order valence-corrected chi connectivity index (χ4v) is 7.45. The fraction of sp³-hybridized carbons (Fsp3) is 0.364. The first kappa shape index (κ1) is 29.7. The summed E-state index contributed by atoms with van der Waals surface area (Å²) < 4.78 is 33.8. The van der Waals surface area contributed by atoms with Crippen molar-refractivity contribution < 1.29 is 17.9 Å². The molecule has 1 amide bonds. The van der Waals surface area contributed by atoms with Crippen LogP contribution in [0.25, 0.3) is 22.0 Å². The molecule has 0 saturated carbocycles. The number of primary amides is 1. The molecule has 9 heteroatoms. The van der Waals surface area contributed by atoms with Gasteiger partial charge in [0, 0.05) is 49.5 Å². The van der Waals surface area contributed by atoms with Crippen molar-refractivity contribution in [3.63, 3.8) is 0 Å². The summed E-state index contributed by atoms with van der Waals surface area (Å²) in [4.78, 5) is 17.8. The number of hydrogen-bond acceptors (Lipinski definition) is 5. The minimum atomic E-state index is -3.39. The number of piperidine rings is 1. The Morgan fingerprint density at radius 2 is 1.74 bits per heavy atom. The number of anilines is 1. The standard InChI is InChI=1S/C33H40N4O4S/c1-3-36(4-2)27-12-8-13-28(22-27)41-18-9-19-42(39,40)37-16-14-25(15-17-37)31-23-35-32-29(31)20-26(21-30(32)33(34)38)24-10-6-5-7-11-24/h5-8,10-13,20-23,25,35H,3-4,9,14-19H2,1-2H3,(H2,34,38). The van der Waals surface area contributed by atoms with Gasteiger partial charge in [0.2, 0.25) is 10.0 Å². The highest BCUT2D eigenvalue weighted by molar-refractivity contribution is 7.89. The third kappa shape index (κ3) is 6.47. The number of aromatic amines is 1. The Morgan fingerprint density at radius 1 is 1.00 bits per heavy atom. The number of carbonyl (C=O) groups is 1. The number of nitrogens with zero attached hydrogens (tertiary/aromatic N) is 2. The zero-order valence-electron chi connectivity index (χ0n) is 24.4. The number of nitrogens with two attached hydrogens (primary N) is 1. The lowest BCUT2D eigenvalue weighted by Crippen LogP contribution is -2.39. The molecule has 5 rings (SSSR count). The largest absolute Gasteiger partial charge is 0.493 e. The topological polar surface area (TPSA) is 109 Å². The van der Waals surface area contributed by atoms with Crippen molar-refractivity contribution >= 4 is 32.5 Å². The maximum absolute atomic E-state index is 13.2. The van der Waals surface area contributed by atoms with Gasteiger partial charge in [-0.25, -0.2) is 12.7 Å². The molecular weight excluding hydrogens is 548 g/mol. The molecule has 1 fully saturated rings. The molecular formula is C33H40N4O4S. The molecule has 0 spiro atoms. The second-order valence-electron chi connectivity index (χ2n) is 10.8. The third-order valence-corrected chi connectivity index (χ3v) is 10.2. The highest BCUT2D eigenvalue weighted by Crippen LogP contribution is 2.37. The van der Waals surface area contributed by atoms with E-state index in [1.807, 2.05) is 60.8 Å². The monoisotopic (exact) mass is 588 g/mol. The van der Waals surface area contributed by atoms with Gasteiger partial charge in [-0.15, -0.1) is 0 Å². The maximum Gasteiger partial charge on any atom is 0.250 e. The molecule has 1 saturated heterocycles. The second kappa shape index (κ2) is 13.0. The normalized spacial score (nSPS) is 14.7. The molecule has 1 aliphatic heterocycles. The number of rotatable bonds is 12. The number of fused-ring (bicyclic) bond motifs is 1. The molecule has 1 aromatic heterocycles. The number of sulfonamides is 1. The quantitative estimate of drug-likeness (QED) is 0.205. The van der Waals surface area contributed by atoms with Crippen molar-refractivity contribution in [1.29, 1.82) is 0 Å². The third-order valence-electron chi connectivity index (χ3n) is 8.24. The number of carbonyl (C=O) groups excluding carboxylic acids is 1. The molecule has 0 bridgehead atoms. The molecule has 0 aliphatic carbocycles. The first-order valence-electron chi connectivity index (χ1n) is 14.8. The molecule has 0 radical (unpaired) electrons. The number of amides is 1. The Hall–Kier alpha value is -3.82. The second-order valence-corrected chi connectivity index (χ2v) is 12.9. The van der Waals surface area contributed by atoms with E-state index in [0.29, 0.717) is 44.5 Å². The highest BCUT2D eigenvalue weighted by Gasteiger charge is 2.30. The van der Waals surface area contributed by atoms with E-state index in [4.69, 9.17) is 10.5 Å². The zero-order chi connectivity index (χ0) is 29.7. The Kier molecular flexibility index (Phi) is 9.18. The molecule has 3 aromatic carbocycles. The van der Waals surface area contributed by atoms with E-state index < -0.39 is 15.9 Å². The van der Waals surface area contributed by atoms with Gasteiger partial charge in [-0.3, -0.25) is 4.79 Å². The summed E-state index contributed by atoms with van der Waals surface area (Å²) >= 11 is 0. The fourth-order valence-electron chi connectivity index (χ4n) is 5.95. The van der Waals surface area contributed by atoms with Crippen LogP contribution in [-0.2, 0) is 10.0 Å². The predicted molar refractivity (Wildman–Crippen MR) is 170 cm³/mol. The van der Waals surface area contributed by atoms with Crippen LogP contribution in [0.2, 0.25) is 0 Å². The maximum atomic E-state index is 13.2. The van der Waals surface area contributed by atoms with Gasteiger partial charge in [0.25, 0.3) is 5.91 Å². The van der Waals surface area contributed by atoms with Crippen molar-refractivity contribution in [1.82, 2.24) is 9.29 Å². The molecule has 1 aliphatic rings. The van der Waals surface area contributed by atoms with Gasteiger partial charge in [-0.2, -0.15) is 0 Å². The van der Waals surface area contributed by atoms with E-state index in [0.717, 1.165) is 52.1 Å². The molecule has 0 unspecified atom stereocenters. The van der Waals surface area contributed by atoms with Gasteiger partial charge in [-0.05, 0) is 80.0 Å². The van der Waals surface area contributed by atoms with Gasteiger partial charge in [0.15, 0.2) is 0 Å². The summed E-state index contributed by atoms with van der Waals surface area (Å²) in [6.07, 6.45) is 3.80. The molecule has 42 heavy (non-hydrogen) atoms. The van der Waals surface area contributed by atoms with Crippen LogP contribution in [0.1, 0.15) is 54.9 Å². The van der Waals surface area contributed by atoms with Crippen molar-refractivity contribution in [2.45, 2.75) is 39.0 Å². The lowest BCUT2D eigenvalue weighted by Gasteiger charge is -2.31. The molecule has 2 heterocycles. The van der Waals surface area contributed by atoms with Crippen LogP contribution in [0, 0.1) is 0 Å². The van der Waals surface area contributed by atoms with E-state index in [1.54, 1.807) is 4.31 Å². The van der Waals surface area contributed by atoms with E-state index in [2.05, 4.69) is 35.9 Å². The van der Waals surface area contributed by atoms with E-state index in [-0.39, 0.29) is 11.7 Å². The number of nitrogens with one attached hydrogen (secondary N) is 1. The van der Waals surface area contributed by atoms with Crippen LogP contribution in [0.3, 0.4) is 0 Å².